The van der Waals surface area contributed by atoms with Crippen LogP contribution in [0.25, 0.3) is 0 Å². The van der Waals surface area contributed by atoms with Gasteiger partial charge in [0.2, 0.25) is 0 Å². The largest absolute Gasteiger partial charge is 0.417 e. The van der Waals surface area contributed by atoms with Gasteiger partial charge in [-0.1, -0.05) is 27.7 Å². The summed E-state index contributed by atoms with van der Waals surface area (Å²) in [4.78, 5) is 0. The van der Waals surface area contributed by atoms with E-state index in [2.05, 4.69) is 0 Å². The molecule has 0 aromatic rings. The second kappa shape index (κ2) is 3.48. The quantitative estimate of drug-likeness (QED) is 0.738. The van der Waals surface area contributed by atoms with Gasteiger partial charge in [-0.2, -0.15) is 13.2 Å². The molecule has 0 fully saturated rings. The van der Waals surface area contributed by atoms with Crippen molar-refractivity contribution in [3.8, 4) is 0 Å². The number of alkyl halides is 3. The molecule has 0 saturated heterocycles. The highest BCUT2D eigenvalue weighted by Crippen LogP contribution is 2.47. The van der Waals surface area contributed by atoms with E-state index >= 15 is 0 Å². The van der Waals surface area contributed by atoms with Crippen LogP contribution in [-0.2, 0) is 0 Å². The number of hydrogen-bond acceptors (Lipinski definition) is 1. The Kier molecular flexibility index (Phi) is 3.41. The van der Waals surface area contributed by atoms with Crippen molar-refractivity contribution in [2.24, 2.45) is 5.41 Å². The average Bonchev–Trinajstić information content (AvgIpc) is 2.00. The minimum atomic E-state index is -4.55. The van der Waals surface area contributed by atoms with E-state index < -0.39 is 17.2 Å². The fourth-order valence-electron chi connectivity index (χ4n) is 1.36. The highest BCUT2D eigenvalue weighted by Gasteiger charge is 2.60. The van der Waals surface area contributed by atoms with E-state index in [4.69, 9.17) is 0 Å². The lowest BCUT2D eigenvalue weighted by atomic mass is 9.71. The summed E-state index contributed by atoms with van der Waals surface area (Å²) in [6.45, 7) is 5.87. The second-order valence-electron chi connectivity index (χ2n) is 3.95. The molecule has 0 radical (unpaired) electrons. The summed E-state index contributed by atoms with van der Waals surface area (Å²) in [6.07, 6.45) is -4.57. The number of halogens is 3. The first kappa shape index (κ1) is 12.8. The molecule has 1 nitrogen and oxygen atoms in total. The Morgan fingerprint density at radius 2 is 1.38 bits per heavy atom. The smallest absolute Gasteiger partial charge is 0.380 e. The van der Waals surface area contributed by atoms with Crippen molar-refractivity contribution in [1.82, 2.24) is 0 Å². The first-order valence-corrected chi connectivity index (χ1v) is 4.41. The normalized spacial score (nSPS) is 18.5. The number of hydrogen-bond donors (Lipinski definition) is 1. The first-order chi connectivity index (χ1) is 5.62. The van der Waals surface area contributed by atoms with Crippen molar-refractivity contribution >= 4 is 0 Å². The lowest BCUT2D eigenvalue weighted by molar-refractivity contribution is -0.298. The molecule has 0 amide bonds. The van der Waals surface area contributed by atoms with Gasteiger partial charge in [0.1, 0.15) is 0 Å². The predicted molar refractivity (Wildman–Crippen MR) is 45.4 cm³/mol. The van der Waals surface area contributed by atoms with E-state index in [1.165, 1.54) is 20.8 Å². The Morgan fingerprint density at radius 1 is 1.00 bits per heavy atom. The van der Waals surface area contributed by atoms with Gasteiger partial charge in [0, 0.05) is 5.41 Å². The molecule has 0 heterocycles. The third-order valence-electron chi connectivity index (χ3n) is 2.98. The van der Waals surface area contributed by atoms with Crippen LogP contribution in [0, 0.1) is 5.41 Å². The van der Waals surface area contributed by atoms with E-state index in [-0.39, 0.29) is 12.8 Å². The van der Waals surface area contributed by atoms with Crippen LogP contribution in [0.15, 0.2) is 0 Å². The van der Waals surface area contributed by atoms with E-state index in [0.717, 1.165) is 0 Å². The molecule has 4 heteroatoms. The maximum Gasteiger partial charge on any atom is 0.417 e. The summed E-state index contributed by atoms with van der Waals surface area (Å²) in [6, 6.07) is 0. The highest BCUT2D eigenvalue weighted by molar-refractivity contribution is 4.97. The first-order valence-electron chi connectivity index (χ1n) is 4.41. The lowest BCUT2D eigenvalue weighted by Gasteiger charge is -2.42. The molecule has 0 aromatic carbocycles. The fraction of sp³-hybridized carbons (Fsp3) is 1.00. The van der Waals surface area contributed by atoms with E-state index in [1.54, 1.807) is 6.92 Å². The molecule has 13 heavy (non-hydrogen) atoms. The zero-order valence-electron chi connectivity index (χ0n) is 8.50. The van der Waals surface area contributed by atoms with Crippen LogP contribution in [-0.4, -0.2) is 16.9 Å². The molecule has 1 N–H and O–H groups in total. The minimum Gasteiger partial charge on any atom is -0.380 e. The summed E-state index contributed by atoms with van der Waals surface area (Å²) < 4.78 is 37.6. The summed E-state index contributed by atoms with van der Waals surface area (Å²) in [5.41, 5.74) is -3.71. The van der Waals surface area contributed by atoms with E-state index in [0.29, 0.717) is 0 Å². The van der Waals surface area contributed by atoms with Gasteiger partial charge in [-0.3, -0.25) is 0 Å². The molecule has 1 atom stereocenters. The summed E-state index contributed by atoms with van der Waals surface area (Å²) >= 11 is 0. The number of aliphatic hydroxyl groups is 1. The molecule has 0 aliphatic rings. The molecule has 1 unspecified atom stereocenters. The molecule has 0 aliphatic carbocycles. The molecule has 0 saturated carbocycles. The van der Waals surface area contributed by atoms with Gasteiger partial charge in [0.05, 0.1) is 0 Å². The molecule has 80 valence electrons. The third kappa shape index (κ3) is 1.98. The average molecular weight is 198 g/mol. The third-order valence-corrected chi connectivity index (χ3v) is 2.98. The van der Waals surface area contributed by atoms with Gasteiger partial charge < -0.3 is 5.11 Å². The Morgan fingerprint density at radius 3 is 1.46 bits per heavy atom. The molecule has 0 bridgehead atoms. The number of rotatable bonds is 3. The van der Waals surface area contributed by atoms with Crippen molar-refractivity contribution in [3.05, 3.63) is 0 Å². The van der Waals surface area contributed by atoms with Gasteiger partial charge in [-0.25, -0.2) is 0 Å². The van der Waals surface area contributed by atoms with Crippen LogP contribution in [0.2, 0.25) is 0 Å². The standard InChI is InChI=1S/C9H17F3O/c1-5-7(3,4)8(13,6-2)9(10,11)12/h13H,5-6H2,1-4H3. The zero-order chi connectivity index (χ0) is 10.9. The Balaban J connectivity index is 5.06. The molecule has 0 aliphatic heterocycles. The predicted octanol–water partition coefficient (Wildman–Crippen LogP) is 3.13. The molecular weight excluding hydrogens is 181 g/mol. The highest BCUT2D eigenvalue weighted by atomic mass is 19.4. The maximum absolute atomic E-state index is 12.5. The lowest BCUT2D eigenvalue weighted by Crippen LogP contribution is -2.55. The summed E-state index contributed by atoms with van der Waals surface area (Å²) in [5, 5.41) is 9.56. The van der Waals surface area contributed by atoms with Crippen molar-refractivity contribution < 1.29 is 18.3 Å². The monoisotopic (exact) mass is 198 g/mol. The van der Waals surface area contributed by atoms with Crippen LogP contribution in [0.4, 0.5) is 13.2 Å². The van der Waals surface area contributed by atoms with Gasteiger partial charge >= 0.3 is 6.18 Å². The van der Waals surface area contributed by atoms with Crippen LogP contribution in [0.1, 0.15) is 40.5 Å². The van der Waals surface area contributed by atoms with E-state index in [9.17, 15) is 18.3 Å². The van der Waals surface area contributed by atoms with Crippen molar-refractivity contribution in [3.63, 3.8) is 0 Å². The second-order valence-corrected chi connectivity index (χ2v) is 3.95. The van der Waals surface area contributed by atoms with Crippen molar-refractivity contribution in [2.45, 2.75) is 52.3 Å². The van der Waals surface area contributed by atoms with Crippen LogP contribution >= 0.6 is 0 Å². The van der Waals surface area contributed by atoms with Gasteiger partial charge in [0.15, 0.2) is 5.60 Å². The summed E-state index contributed by atoms with van der Waals surface area (Å²) in [5.74, 6) is 0. The van der Waals surface area contributed by atoms with Gasteiger partial charge in [-0.05, 0) is 12.8 Å². The zero-order valence-corrected chi connectivity index (χ0v) is 8.50. The van der Waals surface area contributed by atoms with Gasteiger partial charge in [-0.15, -0.1) is 0 Å². The van der Waals surface area contributed by atoms with Crippen LogP contribution in [0.3, 0.4) is 0 Å². The van der Waals surface area contributed by atoms with Crippen LogP contribution < -0.4 is 0 Å². The molecule has 0 rings (SSSR count). The minimum absolute atomic E-state index is 0.289. The fourth-order valence-corrected chi connectivity index (χ4v) is 1.36. The van der Waals surface area contributed by atoms with Crippen LogP contribution in [0.5, 0.6) is 0 Å². The van der Waals surface area contributed by atoms with Crippen molar-refractivity contribution in [1.29, 1.82) is 0 Å². The summed E-state index contributed by atoms with van der Waals surface area (Å²) in [7, 11) is 0. The molecule has 0 spiro atoms. The SMILES string of the molecule is CCC(C)(C)C(O)(CC)C(F)(F)F. The Labute approximate surface area is 76.9 Å². The van der Waals surface area contributed by atoms with Gasteiger partial charge in [0.25, 0.3) is 0 Å². The van der Waals surface area contributed by atoms with E-state index in [1.807, 2.05) is 0 Å². The molecule has 0 aromatic heterocycles. The molecular formula is C9H17F3O. The topological polar surface area (TPSA) is 20.2 Å². The Hall–Kier alpha value is -0.250. The van der Waals surface area contributed by atoms with Crippen molar-refractivity contribution in [2.75, 3.05) is 0 Å². The maximum atomic E-state index is 12.5. The Bertz CT molecular complexity index is 174.